The lowest BCUT2D eigenvalue weighted by molar-refractivity contribution is -0.129. The van der Waals surface area contributed by atoms with Gasteiger partial charge in [0.25, 0.3) is 11.8 Å². The smallest absolute Gasteiger partial charge is 0.257 e. The van der Waals surface area contributed by atoms with E-state index in [0.29, 0.717) is 73.7 Å². The third-order valence-electron chi connectivity index (χ3n) is 7.93. The van der Waals surface area contributed by atoms with Gasteiger partial charge in [0.05, 0.1) is 17.0 Å². The molecular weight excluding hydrogens is 536 g/mol. The summed E-state index contributed by atoms with van der Waals surface area (Å²) in [5.74, 6) is 0.0885. The quantitative estimate of drug-likeness (QED) is 0.587. The van der Waals surface area contributed by atoms with Crippen LogP contribution in [0.25, 0.3) is 0 Å². The normalized spacial score (nSPS) is 22.0. The fourth-order valence-electron chi connectivity index (χ4n) is 5.97. The minimum Gasteiger partial charge on any atom is -0.339 e. The van der Waals surface area contributed by atoms with Crippen LogP contribution in [0.2, 0.25) is 0 Å². The van der Waals surface area contributed by atoms with Crippen LogP contribution in [0.4, 0.5) is 5.00 Å². The van der Waals surface area contributed by atoms with Crippen molar-refractivity contribution in [3.63, 3.8) is 0 Å². The van der Waals surface area contributed by atoms with E-state index in [0.717, 1.165) is 29.7 Å². The van der Waals surface area contributed by atoms with Gasteiger partial charge in [-0.05, 0) is 67.3 Å². The van der Waals surface area contributed by atoms with Gasteiger partial charge in [0, 0.05) is 50.1 Å². The molecule has 0 bridgehead atoms. The van der Waals surface area contributed by atoms with E-state index < -0.39 is 15.9 Å². The van der Waals surface area contributed by atoms with Crippen molar-refractivity contribution in [2.75, 3.05) is 38.0 Å². The van der Waals surface area contributed by atoms with Gasteiger partial charge < -0.3 is 15.1 Å². The summed E-state index contributed by atoms with van der Waals surface area (Å²) in [5, 5.41) is 3.42. The highest BCUT2D eigenvalue weighted by atomic mass is 32.2. The average molecular weight is 573 g/mol. The maximum absolute atomic E-state index is 13.5. The van der Waals surface area contributed by atoms with Crippen LogP contribution in [-0.2, 0) is 27.8 Å². The van der Waals surface area contributed by atoms with E-state index in [1.165, 1.54) is 46.8 Å². The van der Waals surface area contributed by atoms with E-state index in [-0.39, 0.29) is 16.7 Å². The lowest BCUT2D eigenvalue weighted by Gasteiger charge is -2.34. The number of sulfonamides is 1. The number of thiophene rings is 1. The number of nitrogens with zero attached hydrogens (tertiary/aromatic N) is 3. The van der Waals surface area contributed by atoms with Crippen molar-refractivity contribution in [1.82, 2.24) is 14.1 Å². The number of likely N-dealkylation sites (tertiary alicyclic amines) is 1. The summed E-state index contributed by atoms with van der Waals surface area (Å²) in [4.78, 5) is 43.4. The van der Waals surface area contributed by atoms with Gasteiger partial charge in [0.1, 0.15) is 5.00 Å². The van der Waals surface area contributed by atoms with Crippen molar-refractivity contribution < 1.29 is 22.8 Å². The zero-order valence-corrected chi connectivity index (χ0v) is 24.4. The molecule has 210 valence electrons. The van der Waals surface area contributed by atoms with Gasteiger partial charge in [-0.15, -0.1) is 11.3 Å². The SMILES string of the molecule is CC(=O)N1CCc2c(sc(NC(=O)c3ccc(S(=O)(=O)N4CC(C)CC(C)C4)cc3)c2C(=O)N2CCCC2)C1. The number of nitrogens with one attached hydrogen (secondary N) is 1. The number of anilines is 1. The molecule has 1 aromatic heterocycles. The molecular formula is C28H36N4O5S2. The van der Waals surface area contributed by atoms with Crippen LogP contribution in [-0.4, -0.2) is 73.0 Å². The molecule has 4 heterocycles. The predicted octanol–water partition coefficient (Wildman–Crippen LogP) is 3.81. The monoisotopic (exact) mass is 572 g/mol. The van der Waals surface area contributed by atoms with Crippen molar-refractivity contribution in [3.8, 4) is 0 Å². The molecule has 39 heavy (non-hydrogen) atoms. The fourth-order valence-corrected chi connectivity index (χ4v) is 8.90. The van der Waals surface area contributed by atoms with Gasteiger partial charge in [0.15, 0.2) is 0 Å². The van der Waals surface area contributed by atoms with E-state index in [4.69, 9.17) is 0 Å². The first-order valence-corrected chi connectivity index (χ1v) is 15.9. The second-order valence-electron chi connectivity index (χ2n) is 11.1. The van der Waals surface area contributed by atoms with Gasteiger partial charge in [-0.25, -0.2) is 8.42 Å². The number of carbonyl (C=O) groups is 3. The molecule has 1 aromatic carbocycles. The van der Waals surface area contributed by atoms with E-state index in [2.05, 4.69) is 19.2 Å². The molecule has 0 aliphatic carbocycles. The first kappa shape index (κ1) is 27.8. The Bertz CT molecular complexity index is 1370. The van der Waals surface area contributed by atoms with Gasteiger partial charge in [0.2, 0.25) is 15.9 Å². The third kappa shape index (κ3) is 5.62. The third-order valence-corrected chi connectivity index (χ3v) is 10.9. The van der Waals surface area contributed by atoms with Crippen molar-refractivity contribution >= 4 is 44.1 Å². The Kier molecular flexibility index (Phi) is 7.85. The Balaban J connectivity index is 1.38. The molecule has 1 N–H and O–H groups in total. The molecule has 2 aromatic rings. The lowest BCUT2D eigenvalue weighted by atomic mass is 9.94. The van der Waals surface area contributed by atoms with Crippen LogP contribution < -0.4 is 5.32 Å². The average Bonchev–Trinajstić information content (AvgIpc) is 3.55. The first-order valence-electron chi connectivity index (χ1n) is 13.7. The molecule has 2 atom stereocenters. The molecule has 9 nitrogen and oxygen atoms in total. The maximum Gasteiger partial charge on any atom is 0.257 e. The summed E-state index contributed by atoms with van der Waals surface area (Å²) >= 11 is 1.34. The molecule has 11 heteroatoms. The number of benzene rings is 1. The molecule has 3 amide bonds. The molecule has 5 rings (SSSR count). The Morgan fingerprint density at radius 3 is 2.21 bits per heavy atom. The van der Waals surface area contributed by atoms with E-state index in [1.54, 1.807) is 4.90 Å². The summed E-state index contributed by atoms with van der Waals surface area (Å²) in [7, 11) is -3.65. The highest BCUT2D eigenvalue weighted by Gasteiger charge is 2.34. The molecule has 0 spiro atoms. The van der Waals surface area contributed by atoms with Crippen LogP contribution in [0, 0.1) is 11.8 Å². The number of hydrogen-bond donors (Lipinski definition) is 1. The molecule has 2 fully saturated rings. The second-order valence-corrected chi connectivity index (χ2v) is 14.2. The van der Waals surface area contributed by atoms with Crippen LogP contribution in [0.1, 0.15) is 71.2 Å². The van der Waals surface area contributed by atoms with Gasteiger partial charge in [-0.2, -0.15) is 4.31 Å². The summed E-state index contributed by atoms with van der Waals surface area (Å²) in [6.45, 7) is 9.00. The molecule has 2 unspecified atom stereocenters. The van der Waals surface area contributed by atoms with Crippen LogP contribution in [0.5, 0.6) is 0 Å². The first-order chi connectivity index (χ1) is 18.5. The molecule has 0 radical (unpaired) electrons. The summed E-state index contributed by atoms with van der Waals surface area (Å²) in [5.41, 5.74) is 1.75. The van der Waals surface area contributed by atoms with Gasteiger partial charge in [-0.1, -0.05) is 13.8 Å². The van der Waals surface area contributed by atoms with E-state index in [1.807, 2.05) is 4.90 Å². The summed E-state index contributed by atoms with van der Waals surface area (Å²) in [6.07, 6.45) is 3.49. The highest BCUT2D eigenvalue weighted by molar-refractivity contribution is 7.89. The number of fused-ring (bicyclic) bond motifs is 1. The maximum atomic E-state index is 13.5. The molecule has 2 saturated heterocycles. The Hall–Kier alpha value is -2.76. The van der Waals surface area contributed by atoms with Gasteiger partial charge >= 0.3 is 0 Å². The Labute approximate surface area is 234 Å². The largest absolute Gasteiger partial charge is 0.339 e. The molecule has 3 aliphatic rings. The van der Waals surface area contributed by atoms with Crippen molar-refractivity contribution in [3.05, 3.63) is 45.8 Å². The van der Waals surface area contributed by atoms with Crippen LogP contribution >= 0.6 is 11.3 Å². The van der Waals surface area contributed by atoms with Crippen molar-refractivity contribution in [1.29, 1.82) is 0 Å². The zero-order chi connectivity index (χ0) is 27.9. The topological polar surface area (TPSA) is 107 Å². The summed E-state index contributed by atoms with van der Waals surface area (Å²) in [6, 6.07) is 6.00. The highest BCUT2D eigenvalue weighted by Crippen LogP contribution is 2.39. The lowest BCUT2D eigenvalue weighted by Crippen LogP contribution is -2.42. The number of amides is 3. The standard InChI is InChI=1S/C28H36N4O5S2/c1-18-14-19(2)16-32(15-18)39(36,37)22-8-6-21(7-9-22)26(34)29-27-25(28(35)30-11-4-5-12-30)23-10-13-31(20(3)33)17-24(23)38-27/h6-9,18-19H,4-5,10-17H2,1-3H3,(H,29,34). The second kappa shape index (κ2) is 11.0. The minimum atomic E-state index is -3.65. The zero-order valence-electron chi connectivity index (χ0n) is 22.7. The predicted molar refractivity (Wildman–Crippen MR) is 150 cm³/mol. The summed E-state index contributed by atoms with van der Waals surface area (Å²) < 4.78 is 28.0. The minimum absolute atomic E-state index is 0.0180. The number of piperidine rings is 1. The van der Waals surface area contributed by atoms with Crippen molar-refractivity contribution in [2.24, 2.45) is 11.8 Å². The fraction of sp³-hybridized carbons (Fsp3) is 0.536. The number of hydrogen-bond acceptors (Lipinski definition) is 6. The number of carbonyl (C=O) groups excluding carboxylic acids is 3. The van der Waals surface area contributed by atoms with Gasteiger partial charge in [-0.3, -0.25) is 14.4 Å². The van der Waals surface area contributed by atoms with E-state index in [9.17, 15) is 22.8 Å². The van der Waals surface area contributed by atoms with Crippen LogP contribution in [0.3, 0.4) is 0 Å². The van der Waals surface area contributed by atoms with E-state index >= 15 is 0 Å². The molecule has 3 aliphatic heterocycles. The number of rotatable bonds is 5. The van der Waals surface area contributed by atoms with Crippen LogP contribution in [0.15, 0.2) is 29.2 Å². The molecule has 0 saturated carbocycles. The van der Waals surface area contributed by atoms with Crippen molar-refractivity contribution in [2.45, 2.75) is 57.9 Å². The Morgan fingerprint density at radius 2 is 1.59 bits per heavy atom. The Morgan fingerprint density at radius 1 is 0.949 bits per heavy atom.